The van der Waals surface area contributed by atoms with E-state index >= 15 is 0 Å². The molecule has 0 saturated carbocycles. The number of carbonyl (C=O) groups is 1. The summed E-state index contributed by atoms with van der Waals surface area (Å²) in [5, 5.41) is 33.7. The summed E-state index contributed by atoms with van der Waals surface area (Å²) in [5.41, 5.74) is 2.43. The Bertz CT molecular complexity index is 1550. The molecule has 198 valence electrons. The molecule has 0 bridgehead atoms. The highest BCUT2D eigenvalue weighted by Crippen LogP contribution is 2.38. The molecule has 1 aromatic heterocycles. The fourth-order valence-electron chi connectivity index (χ4n) is 4.21. The van der Waals surface area contributed by atoms with E-state index in [4.69, 9.17) is 9.47 Å². The number of nitrogens with one attached hydrogen (secondary N) is 1. The zero-order valence-corrected chi connectivity index (χ0v) is 23.4. The summed E-state index contributed by atoms with van der Waals surface area (Å²) >= 11 is 4.87. The number of hydrogen-bond donors (Lipinski definition) is 1. The van der Waals surface area contributed by atoms with Gasteiger partial charge in [0.05, 0.1) is 17.1 Å². The third-order valence-corrected chi connectivity index (χ3v) is 7.95. The van der Waals surface area contributed by atoms with Gasteiger partial charge < -0.3 is 14.8 Å². The topological polar surface area (TPSA) is 138 Å². The standard InChI is InChI=1S/C28H23BrN4O5S/c1-2-37-24-12-18(23(29)13-25(24)38-16-17-6-5-7-20(10-17)33(35)36)11-19(14-30)27(34)32-28-22(15-31)21-8-3-4-9-26(21)39-28/h5-7,10-13H,2-4,8-9,16H2,1H3,(H,32,34)/b19-11+. The third kappa shape index (κ3) is 6.45. The van der Waals surface area contributed by atoms with E-state index in [1.165, 1.54) is 29.5 Å². The minimum absolute atomic E-state index is 0.0327. The smallest absolute Gasteiger partial charge is 0.269 e. The molecular weight excluding hydrogens is 584 g/mol. The SMILES string of the molecule is CCOc1cc(/C=C(\C#N)C(=O)Nc2sc3c(c2C#N)CCCC3)c(Br)cc1OCc1cccc([N+](=O)[O-])c1. The van der Waals surface area contributed by atoms with Crippen molar-refractivity contribution in [1.29, 1.82) is 10.5 Å². The maximum Gasteiger partial charge on any atom is 0.269 e. The molecule has 1 aliphatic carbocycles. The lowest BCUT2D eigenvalue weighted by molar-refractivity contribution is -0.384. The van der Waals surface area contributed by atoms with Crippen LogP contribution in [0.1, 0.15) is 46.9 Å². The van der Waals surface area contributed by atoms with Crippen LogP contribution in [0.2, 0.25) is 0 Å². The second kappa shape index (κ2) is 12.6. The molecule has 0 radical (unpaired) electrons. The number of non-ortho nitro benzene ring substituents is 1. The van der Waals surface area contributed by atoms with Gasteiger partial charge in [-0.1, -0.05) is 28.1 Å². The van der Waals surface area contributed by atoms with Crippen molar-refractivity contribution in [3.63, 3.8) is 0 Å². The highest BCUT2D eigenvalue weighted by molar-refractivity contribution is 9.10. The number of anilines is 1. The largest absolute Gasteiger partial charge is 0.490 e. The summed E-state index contributed by atoms with van der Waals surface area (Å²) in [5.74, 6) is 0.161. The molecule has 9 nitrogen and oxygen atoms in total. The van der Waals surface area contributed by atoms with E-state index in [0.29, 0.717) is 44.3 Å². The van der Waals surface area contributed by atoms with E-state index < -0.39 is 10.8 Å². The van der Waals surface area contributed by atoms with Gasteiger partial charge in [-0.05, 0) is 67.5 Å². The lowest BCUT2D eigenvalue weighted by Crippen LogP contribution is -2.13. The molecular formula is C28H23BrN4O5S. The average Bonchev–Trinajstić information content (AvgIpc) is 3.29. The van der Waals surface area contributed by atoms with Gasteiger partial charge >= 0.3 is 0 Å². The van der Waals surface area contributed by atoms with Gasteiger partial charge in [0.2, 0.25) is 0 Å². The number of thiophene rings is 1. The summed E-state index contributed by atoms with van der Waals surface area (Å²) in [4.78, 5) is 24.7. The number of nitro benzene ring substituents is 1. The Hall–Kier alpha value is -4.19. The van der Waals surface area contributed by atoms with Crippen LogP contribution in [0.5, 0.6) is 11.5 Å². The van der Waals surface area contributed by atoms with E-state index in [1.807, 2.05) is 13.0 Å². The number of rotatable bonds is 9. The van der Waals surface area contributed by atoms with Crippen molar-refractivity contribution in [3.05, 3.63) is 83.7 Å². The molecule has 1 aliphatic rings. The van der Waals surface area contributed by atoms with Crippen molar-refractivity contribution in [3.8, 4) is 23.6 Å². The normalized spacial score (nSPS) is 12.6. The molecule has 0 spiro atoms. The van der Waals surface area contributed by atoms with Crippen molar-refractivity contribution in [2.24, 2.45) is 0 Å². The Morgan fingerprint density at radius 2 is 1.97 bits per heavy atom. The monoisotopic (exact) mass is 606 g/mol. The second-order valence-corrected chi connectivity index (χ2v) is 10.6. The zero-order valence-electron chi connectivity index (χ0n) is 21.0. The van der Waals surface area contributed by atoms with Gasteiger partial charge in [0.1, 0.15) is 29.3 Å². The number of halogens is 1. The van der Waals surface area contributed by atoms with E-state index in [-0.39, 0.29) is 17.9 Å². The number of fused-ring (bicyclic) bond motifs is 1. The van der Waals surface area contributed by atoms with Gasteiger partial charge in [-0.15, -0.1) is 11.3 Å². The molecule has 4 rings (SSSR count). The fourth-order valence-corrected chi connectivity index (χ4v) is 5.88. The van der Waals surface area contributed by atoms with Gasteiger partial charge in [-0.2, -0.15) is 10.5 Å². The summed E-state index contributed by atoms with van der Waals surface area (Å²) in [7, 11) is 0. The number of hydrogen-bond acceptors (Lipinski definition) is 8. The lowest BCUT2D eigenvalue weighted by atomic mass is 9.96. The van der Waals surface area contributed by atoms with Crippen molar-refractivity contribution in [2.75, 3.05) is 11.9 Å². The molecule has 1 amide bonds. The second-order valence-electron chi connectivity index (χ2n) is 8.62. The van der Waals surface area contributed by atoms with Crippen LogP contribution in [0.3, 0.4) is 0 Å². The van der Waals surface area contributed by atoms with E-state index in [1.54, 1.807) is 24.3 Å². The number of nitriles is 2. The minimum Gasteiger partial charge on any atom is -0.490 e. The van der Waals surface area contributed by atoms with Crippen molar-refractivity contribution in [2.45, 2.75) is 39.2 Å². The summed E-state index contributed by atoms with van der Waals surface area (Å²) in [6.07, 6.45) is 5.20. The quantitative estimate of drug-likeness (QED) is 0.124. The van der Waals surface area contributed by atoms with Crippen LogP contribution in [0.15, 0.2) is 46.4 Å². The summed E-state index contributed by atoms with van der Waals surface area (Å²) < 4.78 is 12.2. The number of nitro groups is 1. The van der Waals surface area contributed by atoms with Crippen LogP contribution in [-0.4, -0.2) is 17.4 Å². The molecule has 0 atom stereocenters. The number of benzene rings is 2. The summed E-state index contributed by atoms with van der Waals surface area (Å²) in [6.45, 7) is 2.22. The molecule has 1 N–H and O–H groups in total. The molecule has 0 saturated heterocycles. The zero-order chi connectivity index (χ0) is 27.9. The van der Waals surface area contributed by atoms with Crippen LogP contribution in [0.4, 0.5) is 10.7 Å². The van der Waals surface area contributed by atoms with Crippen molar-refractivity contribution < 1.29 is 19.2 Å². The lowest BCUT2D eigenvalue weighted by Gasteiger charge is -2.14. The molecule has 2 aromatic carbocycles. The van der Waals surface area contributed by atoms with E-state index in [2.05, 4.69) is 27.3 Å². The molecule has 3 aromatic rings. The van der Waals surface area contributed by atoms with Crippen LogP contribution in [0.25, 0.3) is 6.08 Å². The molecule has 1 heterocycles. The number of aryl methyl sites for hydroxylation is 1. The first-order valence-corrected chi connectivity index (χ1v) is 13.8. The predicted octanol–water partition coefficient (Wildman–Crippen LogP) is 6.69. The van der Waals surface area contributed by atoms with E-state index in [9.17, 15) is 25.4 Å². The van der Waals surface area contributed by atoms with Crippen molar-refractivity contribution in [1.82, 2.24) is 0 Å². The van der Waals surface area contributed by atoms with Crippen LogP contribution < -0.4 is 14.8 Å². The van der Waals surface area contributed by atoms with E-state index in [0.717, 1.165) is 36.1 Å². The van der Waals surface area contributed by atoms with Crippen LogP contribution >= 0.6 is 27.3 Å². The molecule has 39 heavy (non-hydrogen) atoms. The van der Waals surface area contributed by atoms with Crippen molar-refractivity contribution >= 4 is 49.9 Å². The Labute approximate surface area is 237 Å². The molecule has 0 fully saturated rings. The Morgan fingerprint density at radius 3 is 2.69 bits per heavy atom. The highest BCUT2D eigenvalue weighted by atomic mass is 79.9. The maximum atomic E-state index is 13.0. The minimum atomic E-state index is -0.608. The van der Waals surface area contributed by atoms with Gasteiger partial charge in [-0.25, -0.2) is 0 Å². The Balaban J connectivity index is 1.57. The number of amides is 1. The predicted molar refractivity (Wildman–Crippen MR) is 151 cm³/mol. The van der Waals surface area contributed by atoms with Gasteiger partial charge in [0, 0.05) is 21.5 Å². The van der Waals surface area contributed by atoms with Crippen LogP contribution in [-0.2, 0) is 24.2 Å². The number of nitrogens with zero attached hydrogens (tertiary/aromatic N) is 3. The Kier molecular flexibility index (Phi) is 8.97. The molecule has 11 heteroatoms. The summed E-state index contributed by atoms with van der Waals surface area (Å²) in [6, 6.07) is 13.6. The van der Waals surface area contributed by atoms with Gasteiger partial charge in [0.25, 0.3) is 11.6 Å². The number of ether oxygens (including phenoxy) is 2. The fraction of sp³-hybridized carbons (Fsp3) is 0.250. The van der Waals surface area contributed by atoms with Crippen LogP contribution in [0, 0.1) is 32.8 Å². The molecule has 0 aliphatic heterocycles. The third-order valence-electron chi connectivity index (χ3n) is 6.05. The van der Waals surface area contributed by atoms with Gasteiger partial charge in [0.15, 0.2) is 11.5 Å². The van der Waals surface area contributed by atoms with Gasteiger partial charge in [-0.3, -0.25) is 14.9 Å². The Morgan fingerprint density at radius 1 is 1.21 bits per heavy atom. The first-order chi connectivity index (χ1) is 18.8. The first kappa shape index (κ1) is 27.8. The average molecular weight is 607 g/mol. The highest BCUT2D eigenvalue weighted by Gasteiger charge is 2.23. The molecule has 0 unspecified atom stereocenters. The first-order valence-electron chi connectivity index (χ1n) is 12.1. The number of carbonyl (C=O) groups excluding carboxylic acids is 1. The maximum absolute atomic E-state index is 13.0.